The van der Waals surface area contributed by atoms with Crippen molar-refractivity contribution in [2.45, 2.75) is 13.3 Å². The van der Waals surface area contributed by atoms with Gasteiger partial charge in [-0.15, -0.1) is 0 Å². The summed E-state index contributed by atoms with van der Waals surface area (Å²) in [5.41, 5.74) is 1.19. The molecule has 0 spiro atoms. The average molecular weight is 303 g/mol. The van der Waals surface area contributed by atoms with Crippen LogP contribution < -0.4 is 9.47 Å². The lowest BCUT2D eigenvalue weighted by atomic mass is 10.0. The molecule has 0 radical (unpaired) electrons. The van der Waals surface area contributed by atoms with E-state index in [1.165, 1.54) is 5.56 Å². The molecule has 0 bridgehead atoms. The molecule has 1 rings (SSSR count). The smallest absolute Gasteiger partial charge is 0.137 e. The van der Waals surface area contributed by atoms with Crippen molar-refractivity contribution in [1.29, 1.82) is 0 Å². The van der Waals surface area contributed by atoms with Crippen LogP contribution in [0.3, 0.4) is 0 Å². The van der Waals surface area contributed by atoms with Crippen LogP contribution in [0.1, 0.15) is 12.5 Å². The molecule has 0 aliphatic carbocycles. The zero-order valence-corrected chi connectivity index (χ0v) is 12.3. The van der Waals surface area contributed by atoms with Crippen molar-refractivity contribution in [1.82, 2.24) is 0 Å². The van der Waals surface area contributed by atoms with Gasteiger partial charge in [0.15, 0.2) is 0 Å². The Morgan fingerprint density at radius 1 is 1.12 bits per heavy atom. The van der Waals surface area contributed by atoms with Crippen LogP contribution in [0.2, 0.25) is 0 Å². The average Bonchev–Trinajstić information content (AvgIpc) is 2.31. The molecule has 96 valence electrons. The Bertz CT molecular complexity index is 341. The Labute approximate surface area is 111 Å². The number of benzene rings is 1. The van der Waals surface area contributed by atoms with Gasteiger partial charge in [-0.3, -0.25) is 0 Å². The van der Waals surface area contributed by atoms with Gasteiger partial charge in [0.05, 0.1) is 14.2 Å². The largest absolute Gasteiger partial charge is 0.495 e. The summed E-state index contributed by atoms with van der Waals surface area (Å²) in [5.74, 6) is 2.06. The van der Waals surface area contributed by atoms with Gasteiger partial charge in [0.25, 0.3) is 0 Å². The molecule has 0 N–H and O–H groups in total. The lowest BCUT2D eigenvalue weighted by Gasteiger charge is -2.14. The highest BCUT2D eigenvalue weighted by Crippen LogP contribution is 2.36. The first-order valence-electron chi connectivity index (χ1n) is 5.51. The van der Waals surface area contributed by atoms with Gasteiger partial charge in [-0.25, -0.2) is 0 Å². The third-order valence-corrected chi connectivity index (χ3v) is 3.32. The summed E-state index contributed by atoms with van der Waals surface area (Å²) in [5, 5.41) is 0. The van der Waals surface area contributed by atoms with Crippen LogP contribution in [0.5, 0.6) is 11.5 Å². The first-order valence-corrected chi connectivity index (χ1v) is 6.31. The van der Waals surface area contributed by atoms with Crippen LogP contribution in [-0.2, 0) is 11.2 Å². The Kier molecular flexibility index (Phi) is 5.78. The topological polar surface area (TPSA) is 27.7 Å². The van der Waals surface area contributed by atoms with Crippen molar-refractivity contribution in [3.8, 4) is 11.5 Å². The van der Waals surface area contributed by atoms with E-state index in [4.69, 9.17) is 14.2 Å². The van der Waals surface area contributed by atoms with Crippen LogP contribution in [0.25, 0.3) is 0 Å². The van der Waals surface area contributed by atoms with Gasteiger partial charge in [0, 0.05) is 13.7 Å². The van der Waals surface area contributed by atoms with Crippen LogP contribution >= 0.6 is 15.9 Å². The number of hydrogen-bond donors (Lipinski definition) is 0. The van der Waals surface area contributed by atoms with Crippen LogP contribution in [0, 0.1) is 5.92 Å². The zero-order valence-electron chi connectivity index (χ0n) is 10.7. The second-order valence-electron chi connectivity index (χ2n) is 4.08. The summed E-state index contributed by atoms with van der Waals surface area (Å²) in [6, 6.07) is 4.05. The molecule has 0 aliphatic rings. The molecule has 1 aromatic carbocycles. The zero-order chi connectivity index (χ0) is 12.8. The fraction of sp³-hybridized carbons (Fsp3) is 0.538. The van der Waals surface area contributed by atoms with E-state index in [0.717, 1.165) is 29.0 Å². The lowest BCUT2D eigenvalue weighted by molar-refractivity contribution is 0.159. The molecule has 0 aliphatic heterocycles. The van der Waals surface area contributed by atoms with Crippen molar-refractivity contribution in [3.63, 3.8) is 0 Å². The summed E-state index contributed by atoms with van der Waals surface area (Å²) in [4.78, 5) is 0. The minimum Gasteiger partial charge on any atom is -0.495 e. The summed E-state index contributed by atoms with van der Waals surface area (Å²) in [6.07, 6.45) is 0.938. The number of ether oxygens (including phenoxy) is 3. The molecular weight excluding hydrogens is 284 g/mol. The van der Waals surface area contributed by atoms with E-state index in [2.05, 4.69) is 22.9 Å². The van der Waals surface area contributed by atoms with E-state index in [1.54, 1.807) is 21.3 Å². The minimum absolute atomic E-state index is 0.468. The van der Waals surface area contributed by atoms with E-state index < -0.39 is 0 Å². The van der Waals surface area contributed by atoms with E-state index in [-0.39, 0.29) is 0 Å². The SMILES string of the molecule is COCC(C)Cc1cc(OC)c(Br)c(OC)c1. The number of hydrogen-bond acceptors (Lipinski definition) is 3. The molecule has 1 unspecified atom stereocenters. The first kappa shape index (κ1) is 14.3. The second kappa shape index (κ2) is 6.87. The predicted molar refractivity (Wildman–Crippen MR) is 72.0 cm³/mol. The van der Waals surface area contributed by atoms with E-state index in [9.17, 15) is 0 Å². The van der Waals surface area contributed by atoms with Gasteiger partial charge in [-0.1, -0.05) is 6.92 Å². The highest BCUT2D eigenvalue weighted by atomic mass is 79.9. The molecule has 0 amide bonds. The maximum absolute atomic E-state index is 5.31. The molecule has 17 heavy (non-hydrogen) atoms. The fourth-order valence-electron chi connectivity index (χ4n) is 1.79. The Morgan fingerprint density at radius 2 is 1.65 bits per heavy atom. The van der Waals surface area contributed by atoms with Crippen molar-refractivity contribution in [2.24, 2.45) is 5.92 Å². The normalized spacial score (nSPS) is 12.3. The molecule has 0 heterocycles. The van der Waals surface area contributed by atoms with Crippen molar-refractivity contribution in [3.05, 3.63) is 22.2 Å². The molecule has 1 atom stereocenters. The molecular formula is C13H19BrO3. The maximum Gasteiger partial charge on any atom is 0.137 e. The van der Waals surface area contributed by atoms with Crippen LogP contribution in [-0.4, -0.2) is 27.9 Å². The van der Waals surface area contributed by atoms with Crippen molar-refractivity contribution < 1.29 is 14.2 Å². The number of halogens is 1. The quantitative estimate of drug-likeness (QED) is 0.807. The Morgan fingerprint density at radius 3 is 2.06 bits per heavy atom. The predicted octanol–water partition coefficient (Wildman–Crippen LogP) is 3.29. The number of rotatable bonds is 6. The standard InChI is InChI=1S/C13H19BrO3/c1-9(8-15-2)5-10-6-11(16-3)13(14)12(7-10)17-4/h6-7,9H,5,8H2,1-4H3. The molecule has 4 heteroatoms. The molecule has 1 aromatic rings. The van der Waals surface area contributed by atoms with Crippen molar-refractivity contribution in [2.75, 3.05) is 27.9 Å². The second-order valence-corrected chi connectivity index (χ2v) is 4.87. The summed E-state index contributed by atoms with van der Waals surface area (Å²) in [7, 11) is 5.03. The minimum atomic E-state index is 0.468. The Balaban J connectivity index is 2.92. The highest BCUT2D eigenvalue weighted by Gasteiger charge is 2.11. The molecule has 0 fully saturated rings. The fourth-order valence-corrected chi connectivity index (χ4v) is 2.34. The molecule has 0 saturated carbocycles. The van der Waals surface area contributed by atoms with Gasteiger partial charge in [-0.2, -0.15) is 0 Å². The number of methoxy groups -OCH3 is 3. The monoisotopic (exact) mass is 302 g/mol. The van der Waals surface area contributed by atoms with E-state index >= 15 is 0 Å². The van der Waals surface area contributed by atoms with Crippen LogP contribution in [0.15, 0.2) is 16.6 Å². The van der Waals surface area contributed by atoms with Gasteiger partial charge in [0.2, 0.25) is 0 Å². The maximum atomic E-state index is 5.31. The van der Waals surface area contributed by atoms with Crippen LogP contribution in [0.4, 0.5) is 0 Å². The van der Waals surface area contributed by atoms with E-state index in [1.807, 2.05) is 12.1 Å². The summed E-state index contributed by atoms with van der Waals surface area (Å²) in [6.45, 7) is 2.91. The van der Waals surface area contributed by atoms with Gasteiger partial charge < -0.3 is 14.2 Å². The van der Waals surface area contributed by atoms with Gasteiger partial charge in [-0.05, 0) is 46.0 Å². The molecule has 0 aromatic heterocycles. The first-order chi connectivity index (χ1) is 8.12. The third-order valence-electron chi connectivity index (χ3n) is 2.54. The Hall–Kier alpha value is -0.740. The lowest BCUT2D eigenvalue weighted by Crippen LogP contribution is -2.07. The summed E-state index contributed by atoms with van der Waals surface area (Å²) < 4.78 is 16.6. The third kappa shape index (κ3) is 3.89. The van der Waals surface area contributed by atoms with Crippen molar-refractivity contribution >= 4 is 15.9 Å². The van der Waals surface area contributed by atoms with Gasteiger partial charge in [0.1, 0.15) is 16.0 Å². The highest BCUT2D eigenvalue weighted by molar-refractivity contribution is 9.10. The molecule has 3 nitrogen and oxygen atoms in total. The van der Waals surface area contributed by atoms with Gasteiger partial charge >= 0.3 is 0 Å². The summed E-state index contributed by atoms with van der Waals surface area (Å²) >= 11 is 3.46. The molecule has 0 saturated heterocycles. The van der Waals surface area contributed by atoms with E-state index in [0.29, 0.717) is 5.92 Å².